The molecule has 0 unspecified atom stereocenters. The first-order valence-electron chi connectivity index (χ1n) is 13.8. The number of aliphatic hydroxyl groups is 1. The zero-order valence-corrected chi connectivity index (χ0v) is 21.5. The van der Waals surface area contributed by atoms with Crippen molar-refractivity contribution in [2.75, 3.05) is 19.6 Å². The number of carbonyl (C=O) groups is 1. The minimum Gasteiger partial charge on any atom is -0.391 e. The van der Waals surface area contributed by atoms with Crippen LogP contribution < -0.4 is 5.32 Å². The van der Waals surface area contributed by atoms with Crippen LogP contribution in [0.15, 0.2) is 54.6 Å². The number of rotatable bonds is 8. The van der Waals surface area contributed by atoms with Crippen LogP contribution in [-0.2, 0) is 23.2 Å². The first-order valence-corrected chi connectivity index (χ1v) is 13.8. The molecule has 6 nitrogen and oxygen atoms in total. The summed E-state index contributed by atoms with van der Waals surface area (Å²) in [6.07, 6.45) is 7.03. The van der Waals surface area contributed by atoms with E-state index in [-0.39, 0.29) is 23.5 Å². The molecule has 0 bridgehead atoms. The number of likely N-dealkylation sites (tertiary alicyclic amines) is 1. The fraction of sp³-hybridized carbons (Fsp3) is 0.533. The first kappa shape index (κ1) is 25.0. The maximum atomic E-state index is 13.1. The van der Waals surface area contributed by atoms with Gasteiger partial charge in [-0.15, -0.1) is 0 Å². The summed E-state index contributed by atoms with van der Waals surface area (Å²) < 4.78 is 2.19. The van der Waals surface area contributed by atoms with Gasteiger partial charge in [-0.2, -0.15) is 0 Å². The first-order chi connectivity index (χ1) is 17.6. The molecule has 1 aliphatic carbocycles. The number of amides is 1. The highest BCUT2D eigenvalue weighted by Crippen LogP contribution is 2.39. The summed E-state index contributed by atoms with van der Waals surface area (Å²) in [6, 6.07) is 19.0. The number of imidazole rings is 1. The number of aromatic nitrogens is 2. The largest absolute Gasteiger partial charge is 0.391 e. The van der Waals surface area contributed by atoms with Gasteiger partial charge in [-0.25, -0.2) is 4.98 Å². The maximum Gasteiger partial charge on any atom is 0.221 e. The highest BCUT2D eigenvalue weighted by molar-refractivity contribution is 5.78. The molecule has 1 saturated heterocycles. The Hall–Kier alpha value is -2.70. The highest BCUT2D eigenvalue weighted by Gasteiger charge is 2.40. The lowest BCUT2D eigenvalue weighted by Gasteiger charge is -2.34. The molecule has 5 rings (SSSR count). The van der Waals surface area contributed by atoms with Gasteiger partial charge in [0.1, 0.15) is 5.82 Å². The third-order valence-corrected chi connectivity index (χ3v) is 8.51. The second-order valence-electron chi connectivity index (χ2n) is 10.7. The van der Waals surface area contributed by atoms with E-state index in [2.05, 4.69) is 58.1 Å². The van der Waals surface area contributed by atoms with E-state index in [1.165, 1.54) is 18.4 Å². The Bertz CT molecular complexity index is 1150. The van der Waals surface area contributed by atoms with Gasteiger partial charge in [0.05, 0.1) is 17.1 Å². The summed E-state index contributed by atoms with van der Waals surface area (Å²) in [4.78, 5) is 20.3. The molecule has 6 heteroatoms. The Kier molecular flexibility index (Phi) is 7.73. The minimum absolute atomic E-state index is 0.0750. The van der Waals surface area contributed by atoms with Crippen LogP contribution in [0.4, 0.5) is 0 Å². The topological polar surface area (TPSA) is 70.4 Å². The van der Waals surface area contributed by atoms with Gasteiger partial charge in [-0.3, -0.25) is 9.69 Å². The number of aryl methyl sites for hydroxylation is 2. The smallest absolute Gasteiger partial charge is 0.221 e. The van der Waals surface area contributed by atoms with Crippen molar-refractivity contribution in [3.05, 3.63) is 66.0 Å². The van der Waals surface area contributed by atoms with Gasteiger partial charge >= 0.3 is 0 Å². The summed E-state index contributed by atoms with van der Waals surface area (Å²) in [7, 11) is 0. The molecule has 36 heavy (non-hydrogen) atoms. The van der Waals surface area contributed by atoms with Crippen molar-refractivity contribution in [2.24, 2.45) is 0 Å². The zero-order chi connectivity index (χ0) is 25.0. The number of benzene rings is 2. The molecular formula is C30H40N4O2. The molecule has 2 heterocycles. The summed E-state index contributed by atoms with van der Waals surface area (Å²) in [5.74, 6) is 1.10. The molecule has 3 aromatic rings. The predicted octanol–water partition coefficient (Wildman–Crippen LogP) is 4.44. The molecule has 0 spiro atoms. The molecule has 2 aromatic carbocycles. The SMILES string of the molecule is CCc1nc2ccccc2n1CCC(=O)NC[C@@]1(c2ccccc2)CC[C@H](O)[C@@H](N2CCCC2)CC1. The molecule has 3 atom stereocenters. The molecule has 1 saturated carbocycles. The highest BCUT2D eigenvalue weighted by atomic mass is 16.3. The number of carbonyl (C=O) groups excluding carboxylic acids is 1. The predicted molar refractivity (Wildman–Crippen MR) is 144 cm³/mol. The van der Waals surface area contributed by atoms with E-state index in [9.17, 15) is 9.90 Å². The molecule has 1 aliphatic heterocycles. The van der Waals surface area contributed by atoms with E-state index >= 15 is 0 Å². The molecular weight excluding hydrogens is 448 g/mol. The van der Waals surface area contributed by atoms with Crippen LogP contribution >= 0.6 is 0 Å². The standard InChI is InChI=1S/C30H40N4O2/c1-2-28-32-24-12-6-7-13-25(24)34(28)21-16-29(36)31-22-30(23-10-4-3-5-11-23)17-14-26(27(35)15-18-30)33-19-8-9-20-33/h3-7,10-13,26-27,35H,2,8-9,14-22H2,1H3,(H,31,36)/t26-,27-,30-/m0/s1. The molecule has 1 amide bonds. The monoisotopic (exact) mass is 488 g/mol. The number of para-hydroxylation sites is 2. The van der Waals surface area contributed by atoms with E-state index < -0.39 is 0 Å². The van der Waals surface area contributed by atoms with E-state index in [4.69, 9.17) is 4.98 Å². The van der Waals surface area contributed by atoms with Crippen molar-refractivity contribution in [3.8, 4) is 0 Å². The van der Waals surface area contributed by atoms with Crippen molar-refractivity contribution in [1.82, 2.24) is 19.8 Å². The van der Waals surface area contributed by atoms with Gasteiger partial charge in [0, 0.05) is 37.4 Å². The van der Waals surface area contributed by atoms with Gasteiger partial charge < -0.3 is 15.0 Å². The molecule has 2 aliphatic rings. The normalized spacial score (nSPS) is 25.2. The molecule has 0 radical (unpaired) electrons. The van der Waals surface area contributed by atoms with E-state index in [1.807, 2.05) is 18.2 Å². The Balaban J connectivity index is 1.28. The van der Waals surface area contributed by atoms with Gasteiger partial charge in [-0.05, 0) is 69.3 Å². The van der Waals surface area contributed by atoms with Crippen LogP contribution in [0.1, 0.15) is 63.3 Å². The Morgan fingerprint density at radius 3 is 2.56 bits per heavy atom. The van der Waals surface area contributed by atoms with Crippen LogP contribution in [0, 0.1) is 0 Å². The van der Waals surface area contributed by atoms with Crippen LogP contribution in [0.3, 0.4) is 0 Å². The van der Waals surface area contributed by atoms with Gasteiger partial charge in [0.25, 0.3) is 0 Å². The molecule has 192 valence electrons. The average Bonchev–Trinajstić information content (AvgIpc) is 3.53. The van der Waals surface area contributed by atoms with Crippen molar-refractivity contribution in [3.63, 3.8) is 0 Å². The van der Waals surface area contributed by atoms with Gasteiger partial charge in [0.2, 0.25) is 5.91 Å². The third-order valence-electron chi connectivity index (χ3n) is 8.51. The van der Waals surface area contributed by atoms with E-state index in [0.29, 0.717) is 19.5 Å². The van der Waals surface area contributed by atoms with E-state index in [0.717, 1.165) is 62.1 Å². The number of nitrogens with zero attached hydrogens (tertiary/aromatic N) is 3. The second kappa shape index (κ2) is 11.1. The maximum absolute atomic E-state index is 13.1. The fourth-order valence-corrected chi connectivity index (χ4v) is 6.43. The molecule has 1 aromatic heterocycles. The van der Waals surface area contributed by atoms with Crippen LogP contribution in [0.25, 0.3) is 11.0 Å². The Morgan fingerprint density at radius 1 is 1.06 bits per heavy atom. The lowest BCUT2D eigenvalue weighted by atomic mass is 9.74. The minimum atomic E-state index is -0.300. The lowest BCUT2D eigenvalue weighted by molar-refractivity contribution is -0.121. The summed E-state index contributed by atoms with van der Waals surface area (Å²) in [5.41, 5.74) is 3.20. The number of aliphatic hydroxyl groups excluding tert-OH is 1. The van der Waals surface area contributed by atoms with Crippen LogP contribution in [-0.4, -0.2) is 57.2 Å². The molecule has 2 N–H and O–H groups in total. The zero-order valence-electron chi connectivity index (χ0n) is 21.5. The summed E-state index contributed by atoms with van der Waals surface area (Å²) in [6.45, 7) is 5.54. The van der Waals surface area contributed by atoms with Gasteiger partial charge in [-0.1, -0.05) is 49.4 Å². The lowest BCUT2D eigenvalue weighted by Crippen LogP contribution is -2.42. The van der Waals surface area contributed by atoms with Crippen LogP contribution in [0.2, 0.25) is 0 Å². The summed E-state index contributed by atoms with van der Waals surface area (Å²) in [5, 5.41) is 14.4. The van der Waals surface area contributed by atoms with E-state index in [1.54, 1.807) is 0 Å². The Labute approximate surface area is 214 Å². The van der Waals surface area contributed by atoms with Crippen molar-refractivity contribution in [2.45, 2.75) is 82.4 Å². The molecule has 2 fully saturated rings. The number of fused-ring (bicyclic) bond motifs is 1. The van der Waals surface area contributed by atoms with Crippen molar-refractivity contribution >= 4 is 16.9 Å². The third kappa shape index (κ3) is 5.21. The number of hydrogen-bond acceptors (Lipinski definition) is 4. The van der Waals surface area contributed by atoms with Crippen molar-refractivity contribution < 1.29 is 9.90 Å². The van der Waals surface area contributed by atoms with Crippen LogP contribution in [0.5, 0.6) is 0 Å². The fourth-order valence-electron chi connectivity index (χ4n) is 6.43. The van der Waals surface area contributed by atoms with Crippen molar-refractivity contribution in [1.29, 1.82) is 0 Å². The number of nitrogens with one attached hydrogen (secondary N) is 1. The number of hydrogen-bond donors (Lipinski definition) is 2. The average molecular weight is 489 g/mol. The van der Waals surface area contributed by atoms with Gasteiger partial charge in [0.15, 0.2) is 0 Å². The second-order valence-corrected chi connectivity index (χ2v) is 10.7. The Morgan fingerprint density at radius 2 is 1.78 bits per heavy atom. The summed E-state index contributed by atoms with van der Waals surface area (Å²) >= 11 is 0. The quantitative estimate of drug-likeness (QED) is 0.460.